The van der Waals surface area contributed by atoms with E-state index < -0.39 is 30.0 Å². The van der Waals surface area contributed by atoms with E-state index in [-0.39, 0.29) is 0 Å². The smallest absolute Gasteiger partial charge is 0.444 e. The maximum absolute atomic E-state index is 11.9. The lowest BCUT2D eigenvalue weighted by Crippen LogP contribution is -2.41. The molecule has 1 aromatic rings. The molecule has 1 amide bonds. The van der Waals surface area contributed by atoms with E-state index in [1.807, 2.05) is 27.7 Å². The Morgan fingerprint density at radius 1 is 1.25 bits per heavy atom. The maximum Gasteiger partial charge on any atom is 0.496 e. The van der Waals surface area contributed by atoms with Crippen LogP contribution in [-0.4, -0.2) is 35.0 Å². The molecule has 1 fully saturated rings. The van der Waals surface area contributed by atoms with Gasteiger partial charge in [-0.25, -0.2) is 9.78 Å². The lowest BCUT2D eigenvalue weighted by molar-refractivity contribution is 0.00578. The van der Waals surface area contributed by atoms with Crippen molar-refractivity contribution < 1.29 is 18.8 Å². The van der Waals surface area contributed by atoms with Crippen LogP contribution in [0.25, 0.3) is 0 Å². The molecule has 0 radical (unpaired) electrons. The van der Waals surface area contributed by atoms with Gasteiger partial charge in [0.05, 0.1) is 16.2 Å². The van der Waals surface area contributed by atoms with Crippen molar-refractivity contribution in [3.63, 3.8) is 0 Å². The first-order chi connectivity index (χ1) is 10.8. The van der Waals surface area contributed by atoms with E-state index in [0.29, 0.717) is 16.3 Å². The normalized spacial score (nSPS) is 19.2. The highest BCUT2D eigenvalue weighted by atomic mass is 35.5. The molecule has 2 heterocycles. The Hall–Kier alpha value is -1.31. The topological polar surface area (TPSA) is 69.7 Å². The van der Waals surface area contributed by atoms with E-state index in [1.165, 1.54) is 6.20 Å². The molecule has 1 aliphatic heterocycles. The molecule has 0 unspecified atom stereocenters. The van der Waals surface area contributed by atoms with E-state index in [2.05, 4.69) is 10.3 Å². The highest BCUT2D eigenvalue weighted by Crippen LogP contribution is 2.37. The third-order valence-electron chi connectivity index (χ3n) is 4.02. The number of carbonyl (C=O) groups is 1. The molecule has 0 atom stereocenters. The summed E-state index contributed by atoms with van der Waals surface area (Å²) in [5.74, 6) is 0.318. The van der Waals surface area contributed by atoms with Gasteiger partial charge in [0.1, 0.15) is 11.4 Å². The summed E-state index contributed by atoms with van der Waals surface area (Å²) < 4.78 is 17.2. The van der Waals surface area contributed by atoms with Crippen molar-refractivity contribution in [2.45, 2.75) is 65.3 Å². The van der Waals surface area contributed by atoms with Gasteiger partial charge >= 0.3 is 13.2 Å². The molecule has 1 N–H and O–H groups in total. The van der Waals surface area contributed by atoms with Gasteiger partial charge in [0.2, 0.25) is 0 Å². The van der Waals surface area contributed by atoms with E-state index in [0.717, 1.165) is 0 Å². The lowest BCUT2D eigenvalue weighted by atomic mass is 9.79. The highest BCUT2D eigenvalue weighted by Gasteiger charge is 2.52. The van der Waals surface area contributed by atoms with Crippen LogP contribution in [0.2, 0.25) is 5.02 Å². The maximum atomic E-state index is 11.9. The van der Waals surface area contributed by atoms with Crippen molar-refractivity contribution in [1.82, 2.24) is 4.98 Å². The second-order valence-corrected chi connectivity index (χ2v) is 8.21. The van der Waals surface area contributed by atoms with Crippen LogP contribution in [0.15, 0.2) is 12.3 Å². The SMILES string of the molecule is CC(C)(C)OC(=O)Nc1cc(B2OC(C)(C)C(C)(C)O2)c(Cl)cn1. The molecule has 0 aromatic carbocycles. The van der Waals surface area contributed by atoms with Crippen LogP contribution >= 0.6 is 11.6 Å². The molecule has 24 heavy (non-hydrogen) atoms. The number of anilines is 1. The Labute approximate surface area is 148 Å². The molecule has 8 heteroatoms. The van der Waals surface area contributed by atoms with Crippen molar-refractivity contribution >= 4 is 36.1 Å². The van der Waals surface area contributed by atoms with E-state index in [1.54, 1.807) is 26.8 Å². The minimum absolute atomic E-state index is 0.318. The van der Waals surface area contributed by atoms with Crippen LogP contribution in [0.1, 0.15) is 48.5 Å². The minimum Gasteiger partial charge on any atom is -0.444 e. The molecule has 6 nitrogen and oxygen atoms in total. The first-order valence-corrected chi connectivity index (χ1v) is 8.20. The van der Waals surface area contributed by atoms with Gasteiger partial charge < -0.3 is 14.0 Å². The van der Waals surface area contributed by atoms with Gasteiger partial charge in [-0.2, -0.15) is 0 Å². The summed E-state index contributed by atoms with van der Waals surface area (Å²) in [4.78, 5) is 16.0. The summed E-state index contributed by atoms with van der Waals surface area (Å²) in [6.07, 6.45) is 0.867. The van der Waals surface area contributed by atoms with Crippen molar-refractivity contribution in [2.24, 2.45) is 0 Å². The molecule has 0 aliphatic carbocycles. The number of nitrogens with one attached hydrogen (secondary N) is 1. The Morgan fingerprint density at radius 3 is 2.29 bits per heavy atom. The molecule has 2 rings (SSSR count). The molecule has 0 bridgehead atoms. The van der Waals surface area contributed by atoms with Crippen molar-refractivity contribution in [3.8, 4) is 0 Å². The van der Waals surface area contributed by atoms with Gasteiger partial charge in [0.15, 0.2) is 0 Å². The van der Waals surface area contributed by atoms with Crippen LogP contribution in [0.3, 0.4) is 0 Å². The van der Waals surface area contributed by atoms with Gasteiger partial charge in [0.25, 0.3) is 0 Å². The minimum atomic E-state index is -0.635. The van der Waals surface area contributed by atoms with Gasteiger partial charge in [-0.15, -0.1) is 0 Å². The van der Waals surface area contributed by atoms with Gasteiger partial charge in [-0.1, -0.05) is 11.6 Å². The third kappa shape index (κ3) is 4.20. The van der Waals surface area contributed by atoms with Crippen molar-refractivity contribution in [1.29, 1.82) is 0 Å². The molecule has 1 aliphatic rings. The summed E-state index contributed by atoms with van der Waals surface area (Å²) in [6, 6.07) is 1.63. The third-order valence-corrected chi connectivity index (χ3v) is 4.34. The van der Waals surface area contributed by atoms with Gasteiger partial charge in [0, 0.05) is 11.7 Å². The second-order valence-electron chi connectivity index (χ2n) is 7.81. The number of rotatable bonds is 2. The van der Waals surface area contributed by atoms with Crippen LogP contribution in [0.5, 0.6) is 0 Å². The lowest BCUT2D eigenvalue weighted by Gasteiger charge is -2.32. The Bertz CT molecular complexity index is 627. The number of halogens is 1. The number of aromatic nitrogens is 1. The molecular formula is C16H24BClN2O4. The van der Waals surface area contributed by atoms with Crippen LogP contribution in [0.4, 0.5) is 10.6 Å². The number of nitrogens with zero attached hydrogens (tertiary/aromatic N) is 1. The molecule has 1 saturated heterocycles. The summed E-state index contributed by atoms with van der Waals surface area (Å²) in [6.45, 7) is 13.2. The van der Waals surface area contributed by atoms with Crippen molar-refractivity contribution in [2.75, 3.05) is 5.32 Å². The van der Waals surface area contributed by atoms with Crippen LogP contribution in [-0.2, 0) is 14.0 Å². The van der Waals surface area contributed by atoms with E-state index in [9.17, 15) is 4.79 Å². The number of amides is 1. The zero-order chi connectivity index (χ0) is 18.3. The van der Waals surface area contributed by atoms with E-state index in [4.69, 9.17) is 25.6 Å². The van der Waals surface area contributed by atoms with Gasteiger partial charge in [-0.3, -0.25) is 5.32 Å². The van der Waals surface area contributed by atoms with Gasteiger partial charge in [-0.05, 0) is 54.5 Å². The zero-order valence-electron chi connectivity index (χ0n) is 15.2. The number of hydrogen-bond donors (Lipinski definition) is 1. The van der Waals surface area contributed by atoms with Crippen molar-refractivity contribution in [3.05, 3.63) is 17.3 Å². The second kappa shape index (κ2) is 6.21. The Morgan fingerprint density at radius 2 is 1.79 bits per heavy atom. The fourth-order valence-corrected chi connectivity index (χ4v) is 2.27. The fraction of sp³-hybridized carbons (Fsp3) is 0.625. The average Bonchev–Trinajstić information content (AvgIpc) is 2.58. The Balaban J connectivity index is 2.20. The molecular weight excluding hydrogens is 330 g/mol. The fourth-order valence-electron chi connectivity index (χ4n) is 2.08. The first kappa shape index (κ1) is 19.0. The standard InChI is InChI=1S/C16H24BClN2O4/c1-14(2,3)22-13(21)20-12-8-10(11(18)9-19-12)17-23-15(4,5)16(6,7)24-17/h8-9H,1-7H3,(H,19,20,21). The van der Waals surface area contributed by atoms with E-state index >= 15 is 0 Å². The quantitative estimate of drug-likeness (QED) is 0.825. The molecule has 132 valence electrons. The average molecular weight is 355 g/mol. The molecule has 1 aromatic heterocycles. The predicted molar refractivity (Wildman–Crippen MR) is 94.8 cm³/mol. The Kier molecular flexibility index (Phi) is 4.92. The number of hydrogen-bond acceptors (Lipinski definition) is 5. The number of pyridine rings is 1. The number of carbonyl (C=O) groups excluding carboxylic acids is 1. The number of ether oxygens (including phenoxy) is 1. The highest BCUT2D eigenvalue weighted by molar-refractivity contribution is 6.65. The zero-order valence-corrected chi connectivity index (χ0v) is 15.9. The van der Waals surface area contributed by atoms with Crippen LogP contribution < -0.4 is 10.8 Å². The molecule has 0 spiro atoms. The largest absolute Gasteiger partial charge is 0.496 e. The monoisotopic (exact) mass is 354 g/mol. The predicted octanol–water partition coefficient (Wildman–Crippen LogP) is 3.38. The summed E-state index contributed by atoms with van der Waals surface area (Å²) in [7, 11) is -0.635. The first-order valence-electron chi connectivity index (χ1n) is 7.82. The summed E-state index contributed by atoms with van der Waals surface area (Å²) >= 11 is 6.24. The molecule has 0 saturated carbocycles. The van der Waals surface area contributed by atoms with Crippen LogP contribution in [0, 0.1) is 0 Å². The summed E-state index contributed by atoms with van der Waals surface area (Å²) in [5, 5.41) is 2.99. The summed E-state index contributed by atoms with van der Waals surface area (Å²) in [5.41, 5.74) is -0.951.